The topological polar surface area (TPSA) is 20.3 Å². The standard InChI is InChI=1S/C16H30BrNO/c1-5-6-7-13-8-10-14(11-9-13)15(19)18(4)16(2,3)12-17/h13-14H,5-12H2,1-4H3. The van der Waals surface area contributed by atoms with Gasteiger partial charge in [-0.25, -0.2) is 0 Å². The third-order valence-corrected chi connectivity index (χ3v) is 6.10. The van der Waals surface area contributed by atoms with Gasteiger partial charge < -0.3 is 4.90 Å². The van der Waals surface area contributed by atoms with Gasteiger partial charge in [0.15, 0.2) is 0 Å². The van der Waals surface area contributed by atoms with Crippen molar-refractivity contribution in [3.8, 4) is 0 Å². The minimum absolute atomic E-state index is 0.0872. The van der Waals surface area contributed by atoms with E-state index in [0.717, 1.165) is 24.1 Å². The molecular weight excluding hydrogens is 302 g/mol. The lowest BCUT2D eigenvalue weighted by molar-refractivity contribution is -0.139. The van der Waals surface area contributed by atoms with Crippen LogP contribution in [0.4, 0.5) is 0 Å². The molecule has 0 aliphatic heterocycles. The highest BCUT2D eigenvalue weighted by Gasteiger charge is 2.33. The molecule has 0 unspecified atom stereocenters. The van der Waals surface area contributed by atoms with Crippen molar-refractivity contribution in [2.24, 2.45) is 11.8 Å². The quantitative estimate of drug-likeness (QED) is 0.650. The van der Waals surface area contributed by atoms with Crippen LogP contribution in [0.15, 0.2) is 0 Å². The summed E-state index contributed by atoms with van der Waals surface area (Å²) in [5.74, 6) is 1.48. The number of carbonyl (C=O) groups is 1. The highest BCUT2D eigenvalue weighted by Crippen LogP contribution is 2.33. The zero-order valence-electron chi connectivity index (χ0n) is 13.0. The molecule has 0 aromatic rings. The van der Waals surface area contributed by atoms with Gasteiger partial charge in [0.25, 0.3) is 0 Å². The molecule has 1 saturated carbocycles. The maximum absolute atomic E-state index is 12.5. The Balaban J connectivity index is 2.44. The molecule has 0 N–H and O–H groups in total. The van der Waals surface area contributed by atoms with Crippen LogP contribution in [0.25, 0.3) is 0 Å². The first-order valence-corrected chi connectivity index (χ1v) is 8.88. The molecule has 0 spiro atoms. The minimum atomic E-state index is -0.0872. The number of rotatable bonds is 6. The Labute approximate surface area is 127 Å². The summed E-state index contributed by atoms with van der Waals surface area (Å²) >= 11 is 3.51. The van der Waals surface area contributed by atoms with E-state index in [0.29, 0.717) is 5.91 Å². The first kappa shape index (κ1) is 17.0. The van der Waals surface area contributed by atoms with E-state index in [1.54, 1.807) is 0 Å². The molecule has 1 aliphatic carbocycles. The van der Waals surface area contributed by atoms with Crippen molar-refractivity contribution in [2.45, 2.75) is 71.3 Å². The molecule has 0 aromatic carbocycles. The molecule has 1 rings (SSSR count). The Bertz CT molecular complexity index is 282. The number of alkyl halides is 1. The molecule has 1 fully saturated rings. The summed E-state index contributed by atoms with van der Waals surface area (Å²) in [5.41, 5.74) is -0.0872. The lowest BCUT2D eigenvalue weighted by Crippen LogP contribution is -2.49. The molecule has 1 amide bonds. The summed E-state index contributed by atoms with van der Waals surface area (Å²) in [4.78, 5) is 14.5. The third kappa shape index (κ3) is 4.77. The Morgan fingerprint density at radius 3 is 2.32 bits per heavy atom. The van der Waals surface area contributed by atoms with Gasteiger partial charge in [-0.3, -0.25) is 4.79 Å². The fourth-order valence-corrected chi connectivity index (χ4v) is 3.23. The molecule has 2 nitrogen and oxygen atoms in total. The number of hydrogen-bond acceptors (Lipinski definition) is 1. The van der Waals surface area contributed by atoms with Crippen LogP contribution in [-0.4, -0.2) is 28.7 Å². The van der Waals surface area contributed by atoms with Gasteiger partial charge in [-0.05, 0) is 45.4 Å². The van der Waals surface area contributed by atoms with E-state index in [4.69, 9.17) is 0 Å². The van der Waals surface area contributed by atoms with Crippen molar-refractivity contribution in [3.63, 3.8) is 0 Å². The van der Waals surface area contributed by atoms with E-state index in [1.165, 1.54) is 32.1 Å². The molecule has 0 atom stereocenters. The Morgan fingerprint density at radius 1 is 1.26 bits per heavy atom. The van der Waals surface area contributed by atoms with Gasteiger partial charge in [0, 0.05) is 23.8 Å². The van der Waals surface area contributed by atoms with E-state index in [1.807, 2.05) is 11.9 Å². The SMILES string of the molecule is CCCCC1CCC(C(=O)N(C)C(C)(C)CBr)CC1. The van der Waals surface area contributed by atoms with Crippen molar-refractivity contribution in [3.05, 3.63) is 0 Å². The van der Waals surface area contributed by atoms with Crippen LogP contribution in [-0.2, 0) is 4.79 Å². The van der Waals surface area contributed by atoms with Crippen molar-refractivity contribution in [1.82, 2.24) is 4.90 Å². The molecule has 19 heavy (non-hydrogen) atoms. The minimum Gasteiger partial charge on any atom is -0.340 e. The van der Waals surface area contributed by atoms with Gasteiger partial charge in [-0.2, -0.15) is 0 Å². The number of unbranched alkanes of at least 4 members (excludes halogenated alkanes) is 1. The number of hydrogen-bond donors (Lipinski definition) is 0. The van der Waals surface area contributed by atoms with Gasteiger partial charge in [0.05, 0.1) is 0 Å². The van der Waals surface area contributed by atoms with E-state index >= 15 is 0 Å². The zero-order valence-corrected chi connectivity index (χ0v) is 14.6. The Hall–Kier alpha value is -0.0500. The van der Waals surface area contributed by atoms with Crippen LogP contribution in [0.1, 0.15) is 65.7 Å². The Kier molecular flexibility index (Phi) is 6.85. The number of carbonyl (C=O) groups excluding carboxylic acids is 1. The smallest absolute Gasteiger partial charge is 0.225 e. The maximum atomic E-state index is 12.5. The van der Waals surface area contributed by atoms with Crippen LogP contribution in [0.2, 0.25) is 0 Å². The average Bonchev–Trinajstić information content (AvgIpc) is 2.44. The van der Waals surface area contributed by atoms with E-state index < -0.39 is 0 Å². The predicted molar refractivity (Wildman–Crippen MR) is 85.6 cm³/mol. The summed E-state index contributed by atoms with van der Waals surface area (Å²) in [6, 6.07) is 0. The highest BCUT2D eigenvalue weighted by molar-refractivity contribution is 9.09. The maximum Gasteiger partial charge on any atom is 0.225 e. The van der Waals surface area contributed by atoms with E-state index in [9.17, 15) is 4.79 Å². The fourth-order valence-electron chi connectivity index (χ4n) is 2.85. The summed E-state index contributed by atoms with van der Waals surface area (Å²) < 4.78 is 0. The van der Waals surface area contributed by atoms with Crippen LogP contribution in [0, 0.1) is 11.8 Å². The first-order chi connectivity index (χ1) is 8.92. The second-order valence-corrected chi connectivity index (χ2v) is 7.26. The number of nitrogens with zero attached hydrogens (tertiary/aromatic N) is 1. The molecule has 1 aliphatic rings. The van der Waals surface area contributed by atoms with Gasteiger partial charge in [0.1, 0.15) is 0 Å². The summed E-state index contributed by atoms with van der Waals surface area (Å²) in [6.07, 6.45) is 8.69. The third-order valence-electron chi connectivity index (χ3n) is 4.73. The molecule has 3 heteroatoms. The number of halogens is 1. The van der Waals surface area contributed by atoms with E-state index in [2.05, 4.69) is 36.7 Å². The van der Waals surface area contributed by atoms with Crippen molar-refractivity contribution in [1.29, 1.82) is 0 Å². The van der Waals surface area contributed by atoms with Gasteiger partial charge >= 0.3 is 0 Å². The zero-order chi connectivity index (χ0) is 14.5. The largest absolute Gasteiger partial charge is 0.340 e. The Morgan fingerprint density at radius 2 is 1.84 bits per heavy atom. The summed E-state index contributed by atoms with van der Waals surface area (Å²) in [6.45, 7) is 6.49. The fraction of sp³-hybridized carbons (Fsp3) is 0.938. The number of amides is 1. The first-order valence-electron chi connectivity index (χ1n) is 7.76. The second-order valence-electron chi connectivity index (χ2n) is 6.70. The molecule has 0 aromatic heterocycles. The molecule has 0 heterocycles. The van der Waals surface area contributed by atoms with Crippen molar-refractivity contribution < 1.29 is 4.79 Å². The van der Waals surface area contributed by atoms with Crippen LogP contribution < -0.4 is 0 Å². The van der Waals surface area contributed by atoms with Crippen LogP contribution in [0.3, 0.4) is 0 Å². The van der Waals surface area contributed by atoms with Gasteiger partial charge in [0.2, 0.25) is 5.91 Å². The molecular formula is C16H30BrNO. The monoisotopic (exact) mass is 331 g/mol. The predicted octanol–water partition coefficient (Wildman–Crippen LogP) is 4.61. The second kappa shape index (κ2) is 7.66. The van der Waals surface area contributed by atoms with E-state index in [-0.39, 0.29) is 11.5 Å². The highest BCUT2D eigenvalue weighted by atomic mass is 79.9. The van der Waals surface area contributed by atoms with Gasteiger partial charge in [-0.15, -0.1) is 0 Å². The summed E-state index contributed by atoms with van der Waals surface area (Å²) in [5, 5.41) is 0.827. The average molecular weight is 332 g/mol. The van der Waals surface area contributed by atoms with Crippen LogP contribution in [0.5, 0.6) is 0 Å². The van der Waals surface area contributed by atoms with Crippen molar-refractivity contribution >= 4 is 21.8 Å². The van der Waals surface area contributed by atoms with Crippen LogP contribution >= 0.6 is 15.9 Å². The molecule has 0 radical (unpaired) electrons. The lowest BCUT2D eigenvalue weighted by atomic mass is 9.79. The van der Waals surface area contributed by atoms with Gasteiger partial charge in [-0.1, -0.05) is 42.1 Å². The summed E-state index contributed by atoms with van der Waals surface area (Å²) in [7, 11) is 1.95. The molecule has 0 bridgehead atoms. The lowest BCUT2D eigenvalue weighted by Gasteiger charge is -2.38. The molecule has 112 valence electrons. The normalized spacial score (nSPS) is 24.3. The van der Waals surface area contributed by atoms with Crippen molar-refractivity contribution in [2.75, 3.05) is 12.4 Å². The molecule has 0 saturated heterocycles.